The Kier molecular flexibility index (Phi) is 3.39. The summed E-state index contributed by atoms with van der Waals surface area (Å²) in [5, 5.41) is 0. The van der Waals surface area contributed by atoms with E-state index in [1.807, 2.05) is 10.6 Å². The van der Waals surface area contributed by atoms with Crippen LogP contribution in [-0.4, -0.2) is 16.7 Å². The van der Waals surface area contributed by atoms with Gasteiger partial charge in [-0.3, -0.25) is 0 Å². The molecule has 0 saturated heterocycles. The van der Waals surface area contributed by atoms with Gasteiger partial charge in [-0.2, -0.15) is 0 Å². The Morgan fingerprint density at radius 3 is 2.94 bits per heavy atom. The van der Waals surface area contributed by atoms with Crippen LogP contribution in [-0.2, 0) is 13.1 Å². The number of benzene rings is 1. The normalized spacial score (nSPS) is 10.5. The Bertz CT molecular complexity index is 510. The van der Waals surface area contributed by atoms with Crippen LogP contribution >= 0.6 is 0 Å². The maximum Gasteiger partial charge on any atom is 0.165 e. The van der Waals surface area contributed by atoms with Crippen LogP contribution in [0.2, 0.25) is 0 Å². The molecule has 0 amide bonds. The third-order valence-corrected chi connectivity index (χ3v) is 2.58. The number of nitrogens with two attached hydrogens (primary N) is 1. The minimum Gasteiger partial charge on any atom is -0.494 e. The molecule has 0 saturated carbocycles. The number of halogens is 1. The first-order valence-electron chi connectivity index (χ1n) is 5.26. The van der Waals surface area contributed by atoms with Gasteiger partial charge in [-0.15, -0.1) is 0 Å². The zero-order valence-corrected chi connectivity index (χ0v) is 9.56. The molecule has 0 fully saturated rings. The lowest BCUT2D eigenvalue weighted by Gasteiger charge is -2.08. The number of aromatic nitrogens is 2. The quantitative estimate of drug-likeness (QED) is 0.874. The molecule has 2 aromatic rings. The van der Waals surface area contributed by atoms with Crippen LogP contribution in [0.25, 0.3) is 0 Å². The molecule has 4 nitrogen and oxygen atoms in total. The smallest absolute Gasteiger partial charge is 0.165 e. The van der Waals surface area contributed by atoms with Crippen molar-refractivity contribution in [2.24, 2.45) is 5.73 Å². The van der Waals surface area contributed by atoms with Crippen LogP contribution < -0.4 is 10.5 Å². The van der Waals surface area contributed by atoms with Crippen LogP contribution in [0.15, 0.2) is 30.7 Å². The Morgan fingerprint density at radius 1 is 1.47 bits per heavy atom. The molecule has 1 heterocycles. The van der Waals surface area contributed by atoms with E-state index in [-0.39, 0.29) is 11.6 Å². The molecule has 2 rings (SSSR count). The third-order valence-electron chi connectivity index (χ3n) is 2.58. The van der Waals surface area contributed by atoms with E-state index in [0.717, 1.165) is 11.3 Å². The largest absolute Gasteiger partial charge is 0.494 e. The van der Waals surface area contributed by atoms with E-state index in [0.29, 0.717) is 13.1 Å². The van der Waals surface area contributed by atoms with Crippen molar-refractivity contribution < 1.29 is 9.13 Å². The van der Waals surface area contributed by atoms with Gasteiger partial charge in [0, 0.05) is 19.3 Å². The highest BCUT2D eigenvalue weighted by Crippen LogP contribution is 2.18. The Labute approximate surface area is 98.8 Å². The van der Waals surface area contributed by atoms with E-state index in [1.54, 1.807) is 18.6 Å². The first kappa shape index (κ1) is 11.6. The van der Waals surface area contributed by atoms with Gasteiger partial charge < -0.3 is 15.0 Å². The van der Waals surface area contributed by atoms with Crippen LogP contribution in [0.4, 0.5) is 4.39 Å². The molecule has 17 heavy (non-hydrogen) atoms. The van der Waals surface area contributed by atoms with Crippen LogP contribution in [0.3, 0.4) is 0 Å². The number of methoxy groups -OCH3 is 1. The molecule has 5 heteroatoms. The van der Waals surface area contributed by atoms with Crippen molar-refractivity contribution in [2.45, 2.75) is 13.1 Å². The van der Waals surface area contributed by atoms with Crippen LogP contribution in [0.5, 0.6) is 5.75 Å². The molecule has 0 aliphatic rings. The lowest BCUT2D eigenvalue weighted by molar-refractivity contribution is 0.386. The summed E-state index contributed by atoms with van der Waals surface area (Å²) in [6, 6.07) is 4.89. The first-order valence-corrected chi connectivity index (χ1v) is 5.26. The van der Waals surface area contributed by atoms with Gasteiger partial charge in [0.1, 0.15) is 0 Å². The summed E-state index contributed by atoms with van der Waals surface area (Å²) >= 11 is 0. The first-order chi connectivity index (χ1) is 8.24. The van der Waals surface area contributed by atoms with Gasteiger partial charge in [-0.05, 0) is 17.7 Å². The number of rotatable bonds is 4. The fraction of sp³-hybridized carbons (Fsp3) is 0.250. The molecule has 0 unspecified atom stereocenters. The van der Waals surface area contributed by atoms with Gasteiger partial charge in [0.2, 0.25) is 0 Å². The molecular weight excluding hydrogens is 221 g/mol. The maximum atomic E-state index is 13.5. The minimum absolute atomic E-state index is 0.249. The van der Waals surface area contributed by atoms with Crippen molar-refractivity contribution >= 4 is 0 Å². The van der Waals surface area contributed by atoms with Crippen molar-refractivity contribution in [2.75, 3.05) is 7.11 Å². The monoisotopic (exact) mass is 235 g/mol. The van der Waals surface area contributed by atoms with Gasteiger partial charge in [0.25, 0.3) is 0 Å². The standard InChI is InChI=1S/C12H14FN3O/c1-17-12-3-2-9(4-11(12)13)7-16-8-15-6-10(16)5-14/h2-4,6,8H,5,7,14H2,1H3. The predicted molar refractivity (Wildman–Crippen MR) is 62.2 cm³/mol. The van der Waals surface area contributed by atoms with E-state index in [9.17, 15) is 4.39 Å². The summed E-state index contributed by atoms with van der Waals surface area (Å²) in [4.78, 5) is 4.01. The molecule has 1 aromatic carbocycles. The second-order valence-corrected chi connectivity index (χ2v) is 3.69. The van der Waals surface area contributed by atoms with Gasteiger partial charge in [0.05, 0.1) is 19.1 Å². The summed E-state index contributed by atoms with van der Waals surface area (Å²) in [7, 11) is 1.44. The summed E-state index contributed by atoms with van der Waals surface area (Å²) in [6.45, 7) is 0.964. The Hall–Kier alpha value is -1.88. The summed E-state index contributed by atoms with van der Waals surface area (Å²) in [6.07, 6.45) is 3.39. The fourth-order valence-corrected chi connectivity index (χ4v) is 1.67. The summed E-state index contributed by atoms with van der Waals surface area (Å²) in [5.41, 5.74) is 7.33. The molecule has 2 N–H and O–H groups in total. The molecule has 0 aliphatic heterocycles. The number of nitrogens with zero attached hydrogens (tertiary/aromatic N) is 2. The van der Waals surface area contributed by atoms with Crippen molar-refractivity contribution in [3.8, 4) is 5.75 Å². The van der Waals surface area contributed by atoms with Gasteiger partial charge >= 0.3 is 0 Å². The topological polar surface area (TPSA) is 53.1 Å². The van der Waals surface area contributed by atoms with Crippen molar-refractivity contribution in [1.29, 1.82) is 0 Å². The zero-order valence-electron chi connectivity index (χ0n) is 9.56. The molecular formula is C12H14FN3O. The second-order valence-electron chi connectivity index (χ2n) is 3.69. The highest BCUT2D eigenvalue weighted by molar-refractivity contribution is 5.29. The van der Waals surface area contributed by atoms with Crippen molar-refractivity contribution in [3.63, 3.8) is 0 Å². The van der Waals surface area contributed by atoms with E-state index in [2.05, 4.69) is 4.98 Å². The van der Waals surface area contributed by atoms with Crippen molar-refractivity contribution in [1.82, 2.24) is 9.55 Å². The van der Waals surface area contributed by atoms with E-state index >= 15 is 0 Å². The zero-order chi connectivity index (χ0) is 12.3. The highest BCUT2D eigenvalue weighted by atomic mass is 19.1. The van der Waals surface area contributed by atoms with Crippen LogP contribution in [0, 0.1) is 5.82 Å². The fourth-order valence-electron chi connectivity index (χ4n) is 1.67. The molecule has 90 valence electrons. The van der Waals surface area contributed by atoms with Crippen molar-refractivity contribution in [3.05, 3.63) is 47.8 Å². The molecule has 0 atom stereocenters. The summed E-state index contributed by atoms with van der Waals surface area (Å²) < 4.78 is 20.2. The Balaban J connectivity index is 2.22. The number of hydrogen-bond acceptors (Lipinski definition) is 3. The predicted octanol–water partition coefficient (Wildman–Crippen LogP) is 1.54. The average molecular weight is 235 g/mol. The Morgan fingerprint density at radius 2 is 2.29 bits per heavy atom. The summed E-state index contributed by atoms with van der Waals surface area (Å²) in [5.74, 6) is -0.113. The minimum atomic E-state index is -0.362. The highest BCUT2D eigenvalue weighted by Gasteiger charge is 2.05. The second kappa shape index (κ2) is 4.97. The van der Waals surface area contributed by atoms with E-state index < -0.39 is 0 Å². The average Bonchev–Trinajstić information content (AvgIpc) is 2.76. The van der Waals surface area contributed by atoms with Gasteiger partial charge in [-0.25, -0.2) is 9.37 Å². The molecule has 0 radical (unpaired) electrons. The van der Waals surface area contributed by atoms with E-state index in [4.69, 9.17) is 10.5 Å². The number of hydrogen-bond donors (Lipinski definition) is 1. The molecule has 1 aromatic heterocycles. The van der Waals surface area contributed by atoms with Crippen LogP contribution in [0.1, 0.15) is 11.3 Å². The van der Waals surface area contributed by atoms with E-state index in [1.165, 1.54) is 13.2 Å². The number of imidazole rings is 1. The molecule has 0 aliphatic carbocycles. The molecule has 0 bridgehead atoms. The third kappa shape index (κ3) is 2.45. The lowest BCUT2D eigenvalue weighted by Crippen LogP contribution is -2.07. The molecule has 0 spiro atoms. The van der Waals surface area contributed by atoms with Gasteiger partial charge in [0.15, 0.2) is 11.6 Å². The number of ether oxygens (including phenoxy) is 1. The maximum absolute atomic E-state index is 13.5. The SMILES string of the molecule is COc1ccc(Cn2cncc2CN)cc1F. The van der Waals surface area contributed by atoms with Gasteiger partial charge in [-0.1, -0.05) is 6.07 Å². The lowest BCUT2D eigenvalue weighted by atomic mass is 10.2.